The molecule has 0 saturated carbocycles. The summed E-state index contributed by atoms with van der Waals surface area (Å²) in [5.41, 5.74) is 8.70. The lowest BCUT2D eigenvalue weighted by Crippen LogP contribution is -2.21. The van der Waals surface area contributed by atoms with Gasteiger partial charge in [-0.2, -0.15) is 5.10 Å². The van der Waals surface area contributed by atoms with Crippen molar-refractivity contribution in [3.63, 3.8) is 0 Å². The first-order valence-corrected chi connectivity index (χ1v) is 6.24. The number of aromatic nitrogens is 2. The molecule has 0 radical (unpaired) electrons. The van der Waals surface area contributed by atoms with E-state index in [1.54, 1.807) is 32.9 Å². The highest BCUT2D eigenvalue weighted by Gasteiger charge is 2.12. The summed E-state index contributed by atoms with van der Waals surface area (Å²) in [7, 11) is 0. The molecule has 1 amide bonds. The Labute approximate surface area is 116 Å². The van der Waals surface area contributed by atoms with E-state index in [4.69, 9.17) is 5.73 Å². The van der Waals surface area contributed by atoms with E-state index in [2.05, 4.69) is 10.4 Å². The van der Waals surface area contributed by atoms with Crippen LogP contribution in [0, 0.1) is 26.6 Å². The van der Waals surface area contributed by atoms with Crippen molar-refractivity contribution in [2.24, 2.45) is 0 Å². The first kappa shape index (κ1) is 14.0. The third-order valence-corrected chi connectivity index (χ3v) is 3.27. The maximum atomic E-state index is 13.4. The molecule has 0 spiro atoms. The topological polar surface area (TPSA) is 72.9 Å². The molecule has 20 heavy (non-hydrogen) atoms. The molecule has 0 bridgehead atoms. The molecule has 0 unspecified atom stereocenters. The zero-order valence-corrected chi connectivity index (χ0v) is 11.7. The highest BCUT2D eigenvalue weighted by Crippen LogP contribution is 2.18. The van der Waals surface area contributed by atoms with E-state index in [0.29, 0.717) is 22.6 Å². The lowest BCUT2D eigenvalue weighted by atomic mass is 10.2. The van der Waals surface area contributed by atoms with Gasteiger partial charge >= 0.3 is 0 Å². The second kappa shape index (κ2) is 5.32. The molecule has 2 rings (SSSR count). The quantitative estimate of drug-likeness (QED) is 0.902. The van der Waals surface area contributed by atoms with Gasteiger partial charge in [0.1, 0.15) is 12.4 Å². The van der Waals surface area contributed by atoms with Crippen LogP contribution in [0.4, 0.5) is 15.8 Å². The molecule has 5 nitrogen and oxygen atoms in total. The fraction of sp³-hybridized carbons (Fsp3) is 0.286. The van der Waals surface area contributed by atoms with Crippen LogP contribution >= 0.6 is 0 Å². The number of carbonyl (C=O) groups excluding carboxylic acids is 1. The van der Waals surface area contributed by atoms with Crippen LogP contribution in [0.15, 0.2) is 18.2 Å². The van der Waals surface area contributed by atoms with E-state index in [1.165, 1.54) is 10.7 Å². The van der Waals surface area contributed by atoms with Crippen LogP contribution in [0.3, 0.4) is 0 Å². The number of hydrogen-bond donors (Lipinski definition) is 2. The molecule has 0 aliphatic heterocycles. The van der Waals surface area contributed by atoms with Crippen LogP contribution in [0.2, 0.25) is 0 Å². The summed E-state index contributed by atoms with van der Waals surface area (Å²) >= 11 is 0. The summed E-state index contributed by atoms with van der Waals surface area (Å²) in [4.78, 5) is 12.0. The zero-order valence-electron chi connectivity index (χ0n) is 11.7. The third-order valence-electron chi connectivity index (χ3n) is 3.27. The van der Waals surface area contributed by atoms with E-state index in [9.17, 15) is 9.18 Å². The molecule has 3 N–H and O–H groups in total. The average Bonchev–Trinajstić information content (AvgIpc) is 2.63. The first-order valence-electron chi connectivity index (χ1n) is 6.24. The number of nitrogens with one attached hydrogen (secondary N) is 1. The van der Waals surface area contributed by atoms with E-state index < -0.39 is 0 Å². The average molecular weight is 276 g/mol. The predicted molar refractivity (Wildman–Crippen MR) is 75.9 cm³/mol. The van der Waals surface area contributed by atoms with E-state index in [0.717, 1.165) is 5.69 Å². The molecular formula is C14H17FN4O. The van der Waals surface area contributed by atoms with Gasteiger partial charge in [0.05, 0.1) is 17.1 Å². The standard InChI is InChI=1S/C14H17FN4O/c1-8-11(15)5-4-6-12(8)17-13(20)7-19-10(3)14(16)9(2)18-19/h4-6H,7,16H2,1-3H3,(H,17,20). The number of benzene rings is 1. The summed E-state index contributed by atoms with van der Waals surface area (Å²) in [6.45, 7) is 5.25. The Morgan fingerprint density at radius 2 is 2.10 bits per heavy atom. The van der Waals surface area contributed by atoms with Gasteiger partial charge in [0.2, 0.25) is 5.91 Å². The number of halogens is 1. The molecule has 6 heteroatoms. The Bertz CT molecular complexity index is 663. The van der Waals surface area contributed by atoms with Gasteiger partial charge in [0.15, 0.2) is 0 Å². The molecule has 0 aliphatic rings. The zero-order chi connectivity index (χ0) is 14.9. The summed E-state index contributed by atoms with van der Waals surface area (Å²) in [5, 5.41) is 6.86. The number of aryl methyl sites for hydroxylation is 1. The van der Waals surface area contributed by atoms with Crippen LogP contribution < -0.4 is 11.1 Å². The van der Waals surface area contributed by atoms with Gasteiger partial charge in [-0.05, 0) is 32.9 Å². The molecule has 106 valence electrons. The molecular weight excluding hydrogens is 259 g/mol. The second-order valence-electron chi connectivity index (χ2n) is 4.70. The summed E-state index contributed by atoms with van der Waals surface area (Å²) in [6, 6.07) is 4.57. The Hall–Kier alpha value is -2.37. The summed E-state index contributed by atoms with van der Waals surface area (Å²) < 4.78 is 14.9. The molecule has 0 fully saturated rings. The van der Waals surface area contributed by atoms with Crippen LogP contribution in [-0.2, 0) is 11.3 Å². The van der Waals surface area contributed by atoms with Crippen molar-refractivity contribution < 1.29 is 9.18 Å². The summed E-state index contributed by atoms with van der Waals surface area (Å²) in [5.74, 6) is -0.623. The van der Waals surface area contributed by atoms with Crippen molar-refractivity contribution in [1.29, 1.82) is 0 Å². The Morgan fingerprint density at radius 3 is 2.70 bits per heavy atom. The van der Waals surface area contributed by atoms with Crippen molar-refractivity contribution >= 4 is 17.3 Å². The number of nitrogen functional groups attached to an aromatic ring is 1. The smallest absolute Gasteiger partial charge is 0.246 e. The lowest BCUT2D eigenvalue weighted by molar-refractivity contribution is -0.116. The fourth-order valence-corrected chi connectivity index (χ4v) is 1.93. The number of amides is 1. The van der Waals surface area contributed by atoms with Crippen molar-refractivity contribution in [1.82, 2.24) is 9.78 Å². The SMILES string of the molecule is Cc1nn(CC(=O)Nc2cccc(F)c2C)c(C)c1N. The number of anilines is 2. The highest BCUT2D eigenvalue weighted by molar-refractivity contribution is 5.91. The van der Waals surface area contributed by atoms with Gasteiger partial charge in [-0.15, -0.1) is 0 Å². The Morgan fingerprint density at radius 1 is 1.40 bits per heavy atom. The van der Waals surface area contributed by atoms with Gasteiger partial charge in [0, 0.05) is 11.3 Å². The minimum atomic E-state index is -0.349. The van der Waals surface area contributed by atoms with Gasteiger partial charge in [-0.3, -0.25) is 9.48 Å². The molecule has 1 aromatic carbocycles. The van der Waals surface area contributed by atoms with Gasteiger partial charge < -0.3 is 11.1 Å². The van der Waals surface area contributed by atoms with Crippen molar-refractivity contribution in [3.05, 3.63) is 41.0 Å². The Kier molecular flexibility index (Phi) is 3.74. The van der Waals surface area contributed by atoms with Crippen molar-refractivity contribution in [2.45, 2.75) is 27.3 Å². The number of carbonyl (C=O) groups is 1. The monoisotopic (exact) mass is 276 g/mol. The van der Waals surface area contributed by atoms with Gasteiger partial charge in [-0.25, -0.2) is 4.39 Å². The predicted octanol–water partition coefficient (Wildman–Crippen LogP) is 2.17. The summed E-state index contributed by atoms with van der Waals surface area (Å²) in [6.07, 6.45) is 0. The van der Waals surface area contributed by atoms with Crippen LogP contribution in [0.5, 0.6) is 0 Å². The van der Waals surface area contributed by atoms with E-state index >= 15 is 0 Å². The normalized spacial score (nSPS) is 10.6. The van der Waals surface area contributed by atoms with Crippen LogP contribution in [0.1, 0.15) is 17.0 Å². The van der Waals surface area contributed by atoms with E-state index in [1.807, 2.05) is 0 Å². The van der Waals surface area contributed by atoms with Crippen LogP contribution in [-0.4, -0.2) is 15.7 Å². The van der Waals surface area contributed by atoms with Crippen molar-refractivity contribution in [2.75, 3.05) is 11.1 Å². The maximum absolute atomic E-state index is 13.4. The molecule has 0 saturated heterocycles. The van der Waals surface area contributed by atoms with Crippen LogP contribution in [0.25, 0.3) is 0 Å². The molecule has 1 heterocycles. The molecule has 1 aromatic heterocycles. The molecule has 0 atom stereocenters. The second-order valence-corrected chi connectivity index (χ2v) is 4.70. The van der Waals surface area contributed by atoms with Gasteiger partial charge in [0.25, 0.3) is 0 Å². The Balaban J connectivity index is 2.13. The van der Waals surface area contributed by atoms with Gasteiger partial charge in [-0.1, -0.05) is 6.07 Å². The number of nitrogens with two attached hydrogens (primary N) is 1. The molecule has 2 aromatic rings. The first-order chi connectivity index (χ1) is 9.40. The lowest BCUT2D eigenvalue weighted by Gasteiger charge is -2.09. The number of rotatable bonds is 3. The molecule has 0 aliphatic carbocycles. The largest absolute Gasteiger partial charge is 0.396 e. The van der Waals surface area contributed by atoms with E-state index in [-0.39, 0.29) is 18.3 Å². The minimum absolute atomic E-state index is 0.0415. The van der Waals surface area contributed by atoms with Crippen molar-refractivity contribution in [3.8, 4) is 0 Å². The highest BCUT2D eigenvalue weighted by atomic mass is 19.1. The number of hydrogen-bond acceptors (Lipinski definition) is 3. The minimum Gasteiger partial charge on any atom is -0.396 e. The fourth-order valence-electron chi connectivity index (χ4n) is 1.93. The maximum Gasteiger partial charge on any atom is 0.246 e. The third kappa shape index (κ3) is 2.64. The number of nitrogens with zero attached hydrogens (tertiary/aromatic N) is 2.